The van der Waals surface area contributed by atoms with E-state index in [-0.39, 0.29) is 29.8 Å². The predicted molar refractivity (Wildman–Crippen MR) is 77.5 cm³/mol. The number of nitrogens with zero attached hydrogens (tertiary/aromatic N) is 1. The summed E-state index contributed by atoms with van der Waals surface area (Å²) < 4.78 is 0. The van der Waals surface area contributed by atoms with Gasteiger partial charge in [-0.15, -0.1) is 0 Å². The van der Waals surface area contributed by atoms with Crippen LogP contribution in [0.4, 0.5) is 11.4 Å². The van der Waals surface area contributed by atoms with Crippen molar-refractivity contribution in [2.45, 2.75) is 6.92 Å². The number of ketones is 1. The topological polar surface area (TPSA) is 82.3 Å². The van der Waals surface area contributed by atoms with Crippen LogP contribution in [-0.4, -0.2) is 29.1 Å². The largest absolute Gasteiger partial charge is 0.356 e. The van der Waals surface area contributed by atoms with Gasteiger partial charge in [0.2, 0.25) is 5.91 Å². The summed E-state index contributed by atoms with van der Waals surface area (Å²) in [6.45, 7) is 1.38. The van der Waals surface area contributed by atoms with E-state index in [9.17, 15) is 14.4 Å². The molecule has 2 N–H and O–H groups in total. The van der Waals surface area contributed by atoms with Crippen molar-refractivity contribution in [3.05, 3.63) is 47.8 Å². The maximum absolute atomic E-state index is 12.5. The lowest BCUT2D eigenvalue weighted by molar-refractivity contribution is -0.115. The smallest absolute Gasteiger partial charge is 0.275 e. The van der Waals surface area contributed by atoms with E-state index in [1.807, 2.05) is 0 Å². The molecule has 2 heterocycles. The summed E-state index contributed by atoms with van der Waals surface area (Å²) in [6, 6.07) is 8.59. The molecule has 2 amide bonds. The molecular formula is C15H13N3O3. The van der Waals surface area contributed by atoms with E-state index in [4.69, 9.17) is 0 Å². The molecule has 106 valence electrons. The molecule has 0 atom stereocenters. The van der Waals surface area contributed by atoms with Crippen LogP contribution in [0.25, 0.3) is 0 Å². The zero-order valence-corrected chi connectivity index (χ0v) is 11.3. The lowest BCUT2D eigenvalue weighted by Gasteiger charge is -2.28. The fraction of sp³-hybridized carbons (Fsp3) is 0.133. The molecule has 1 aliphatic rings. The molecule has 21 heavy (non-hydrogen) atoms. The van der Waals surface area contributed by atoms with E-state index in [0.29, 0.717) is 16.9 Å². The Morgan fingerprint density at radius 3 is 2.71 bits per heavy atom. The Kier molecular flexibility index (Phi) is 3.06. The summed E-state index contributed by atoms with van der Waals surface area (Å²) in [4.78, 5) is 39.7. The van der Waals surface area contributed by atoms with Crippen molar-refractivity contribution in [3.8, 4) is 0 Å². The summed E-state index contributed by atoms with van der Waals surface area (Å²) in [6.07, 6.45) is 1.49. The minimum absolute atomic E-state index is 0.0513. The quantitative estimate of drug-likeness (QED) is 0.825. The number of carbonyl (C=O) groups is 3. The van der Waals surface area contributed by atoms with Gasteiger partial charge in [-0.2, -0.15) is 0 Å². The van der Waals surface area contributed by atoms with Crippen molar-refractivity contribution in [2.24, 2.45) is 0 Å². The number of hydrogen-bond donors (Lipinski definition) is 2. The molecule has 6 heteroatoms. The second-order valence-electron chi connectivity index (χ2n) is 4.81. The summed E-state index contributed by atoms with van der Waals surface area (Å²) >= 11 is 0. The van der Waals surface area contributed by atoms with Crippen LogP contribution < -0.4 is 10.2 Å². The van der Waals surface area contributed by atoms with Gasteiger partial charge in [0.1, 0.15) is 12.2 Å². The number of anilines is 2. The van der Waals surface area contributed by atoms with Crippen molar-refractivity contribution < 1.29 is 14.4 Å². The molecule has 0 spiro atoms. The summed E-state index contributed by atoms with van der Waals surface area (Å²) in [5, 5.41) is 2.72. The van der Waals surface area contributed by atoms with Crippen LogP contribution in [0.1, 0.15) is 27.8 Å². The van der Waals surface area contributed by atoms with Gasteiger partial charge in [0.25, 0.3) is 5.91 Å². The van der Waals surface area contributed by atoms with Gasteiger partial charge in [0.15, 0.2) is 5.78 Å². The highest BCUT2D eigenvalue weighted by atomic mass is 16.2. The van der Waals surface area contributed by atoms with Crippen LogP contribution >= 0.6 is 0 Å². The molecule has 0 saturated heterocycles. The van der Waals surface area contributed by atoms with E-state index in [1.165, 1.54) is 24.1 Å². The highest BCUT2D eigenvalue weighted by Gasteiger charge is 2.28. The first kappa shape index (κ1) is 13.1. The molecule has 1 aromatic heterocycles. The fourth-order valence-electron chi connectivity index (χ4n) is 2.28. The third-order valence-electron chi connectivity index (χ3n) is 3.34. The Balaban J connectivity index is 1.97. The number of para-hydroxylation sites is 2. The van der Waals surface area contributed by atoms with Gasteiger partial charge in [0.05, 0.1) is 11.4 Å². The first-order valence-corrected chi connectivity index (χ1v) is 6.46. The highest BCUT2D eigenvalue weighted by Crippen LogP contribution is 2.29. The van der Waals surface area contributed by atoms with E-state index < -0.39 is 0 Å². The van der Waals surface area contributed by atoms with Gasteiger partial charge in [-0.1, -0.05) is 12.1 Å². The normalized spacial score (nSPS) is 13.6. The number of hydrogen-bond acceptors (Lipinski definition) is 3. The number of benzene rings is 1. The lowest BCUT2D eigenvalue weighted by atomic mass is 10.1. The van der Waals surface area contributed by atoms with Crippen LogP contribution in [0.5, 0.6) is 0 Å². The molecule has 0 bridgehead atoms. The zero-order chi connectivity index (χ0) is 15.0. The Hall–Kier alpha value is -2.89. The molecule has 1 aromatic carbocycles. The van der Waals surface area contributed by atoms with Crippen molar-refractivity contribution in [2.75, 3.05) is 16.8 Å². The molecule has 0 fully saturated rings. The summed E-state index contributed by atoms with van der Waals surface area (Å²) in [5.41, 5.74) is 1.96. The molecule has 3 rings (SSSR count). The predicted octanol–water partition coefficient (Wildman–Crippen LogP) is 1.82. The van der Waals surface area contributed by atoms with Crippen LogP contribution in [0.15, 0.2) is 36.5 Å². The third kappa shape index (κ3) is 2.31. The molecular weight excluding hydrogens is 270 g/mol. The Morgan fingerprint density at radius 1 is 1.24 bits per heavy atom. The number of aromatic nitrogens is 1. The number of nitrogens with one attached hydrogen (secondary N) is 2. The molecule has 2 aromatic rings. The van der Waals surface area contributed by atoms with E-state index in [0.717, 1.165) is 0 Å². The van der Waals surface area contributed by atoms with Crippen LogP contribution in [0.3, 0.4) is 0 Å². The van der Waals surface area contributed by atoms with E-state index in [2.05, 4.69) is 10.3 Å². The minimum atomic E-state index is -0.343. The Bertz CT molecular complexity index is 748. The first-order valence-electron chi connectivity index (χ1n) is 6.46. The first-order chi connectivity index (χ1) is 10.1. The van der Waals surface area contributed by atoms with Gasteiger partial charge in [-0.05, 0) is 25.1 Å². The maximum atomic E-state index is 12.5. The number of Topliss-reactive ketones (excluding diaryl/α,β-unsaturated/α-hetero) is 1. The molecule has 0 aliphatic carbocycles. The lowest BCUT2D eigenvalue weighted by Crippen LogP contribution is -2.42. The van der Waals surface area contributed by atoms with Crippen LogP contribution in [0, 0.1) is 0 Å². The molecule has 0 unspecified atom stereocenters. The van der Waals surface area contributed by atoms with Crippen molar-refractivity contribution in [1.82, 2.24) is 4.98 Å². The maximum Gasteiger partial charge on any atom is 0.275 e. The molecule has 0 radical (unpaired) electrons. The average Bonchev–Trinajstić information content (AvgIpc) is 2.95. The number of fused-ring (bicyclic) bond motifs is 1. The van der Waals surface area contributed by atoms with Gasteiger partial charge in [-0.25, -0.2) is 0 Å². The molecule has 1 aliphatic heterocycles. The van der Waals surface area contributed by atoms with Crippen LogP contribution in [-0.2, 0) is 4.79 Å². The fourth-order valence-corrected chi connectivity index (χ4v) is 2.28. The summed E-state index contributed by atoms with van der Waals surface area (Å²) in [7, 11) is 0. The summed E-state index contributed by atoms with van der Waals surface area (Å²) in [5.74, 6) is -0.715. The van der Waals surface area contributed by atoms with E-state index in [1.54, 1.807) is 24.3 Å². The number of rotatable bonds is 2. The number of aromatic amines is 1. The average molecular weight is 283 g/mol. The van der Waals surface area contributed by atoms with Crippen LogP contribution in [0.2, 0.25) is 0 Å². The standard InChI is InChI=1S/C15H13N3O3/c1-9(19)10-6-12(16-7-10)15(21)18-8-14(20)17-11-4-2-3-5-13(11)18/h2-7,16H,8H2,1H3,(H,17,20). The SMILES string of the molecule is CC(=O)c1c[nH]c(C(=O)N2CC(=O)Nc3ccccc32)c1. The monoisotopic (exact) mass is 283 g/mol. The Labute approximate surface area is 120 Å². The van der Waals surface area contributed by atoms with Crippen molar-refractivity contribution in [1.29, 1.82) is 0 Å². The number of carbonyl (C=O) groups excluding carboxylic acids is 3. The second kappa shape index (κ2) is 4.90. The van der Waals surface area contributed by atoms with Gasteiger partial charge in [0, 0.05) is 11.8 Å². The molecule has 0 saturated carbocycles. The van der Waals surface area contributed by atoms with Gasteiger partial charge in [-0.3, -0.25) is 19.3 Å². The molecule has 6 nitrogen and oxygen atoms in total. The van der Waals surface area contributed by atoms with E-state index >= 15 is 0 Å². The highest BCUT2D eigenvalue weighted by molar-refractivity contribution is 6.15. The van der Waals surface area contributed by atoms with Gasteiger partial charge < -0.3 is 10.3 Å². The van der Waals surface area contributed by atoms with Crippen molar-refractivity contribution >= 4 is 29.0 Å². The number of amides is 2. The minimum Gasteiger partial charge on any atom is -0.356 e. The van der Waals surface area contributed by atoms with Gasteiger partial charge >= 0.3 is 0 Å². The third-order valence-corrected chi connectivity index (χ3v) is 3.34. The second-order valence-corrected chi connectivity index (χ2v) is 4.81. The number of H-pyrrole nitrogens is 1. The Morgan fingerprint density at radius 2 is 2.00 bits per heavy atom. The van der Waals surface area contributed by atoms with Crippen molar-refractivity contribution in [3.63, 3.8) is 0 Å². The zero-order valence-electron chi connectivity index (χ0n) is 11.3.